The summed E-state index contributed by atoms with van der Waals surface area (Å²) in [4.78, 5) is 9.41. The highest BCUT2D eigenvalue weighted by molar-refractivity contribution is 5.80. The van der Waals surface area contributed by atoms with Crippen molar-refractivity contribution in [3.63, 3.8) is 0 Å². The molecule has 2 saturated heterocycles. The van der Waals surface area contributed by atoms with Crippen molar-refractivity contribution in [2.75, 3.05) is 46.9 Å². The fourth-order valence-corrected chi connectivity index (χ4v) is 4.20. The fourth-order valence-electron chi connectivity index (χ4n) is 4.20. The number of hydrogen-bond acceptors (Lipinski definition) is 4. The van der Waals surface area contributed by atoms with Crippen LogP contribution in [0.15, 0.2) is 35.3 Å². The van der Waals surface area contributed by atoms with E-state index in [4.69, 9.17) is 9.47 Å². The van der Waals surface area contributed by atoms with Crippen LogP contribution in [0.4, 0.5) is 0 Å². The summed E-state index contributed by atoms with van der Waals surface area (Å²) in [6.45, 7) is 11.9. The van der Waals surface area contributed by atoms with Crippen LogP contribution in [0, 0.1) is 5.41 Å². The van der Waals surface area contributed by atoms with Gasteiger partial charge in [0.1, 0.15) is 0 Å². The van der Waals surface area contributed by atoms with Gasteiger partial charge >= 0.3 is 0 Å². The van der Waals surface area contributed by atoms with Crippen LogP contribution < -0.4 is 5.32 Å². The van der Waals surface area contributed by atoms with E-state index in [9.17, 15) is 0 Å². The van der Waals surface area contributed by atoms with Gasteiger partial charge in [-0.05, 0) is 11.0 Å². The predicted octanol–water partition coefficient (Wildman–Crippen LogP) is 2.21. The Bertz CT molecular complexity index is 644. The van der Waals surface area contributed by atoms with Crippen LogP contribution in [-0.2, 0) is 16.0 Å². The molecule has 3 unspecified atom stereocenters. The standard InChI is InChI=1S/C22H36N4O2/c1-22(2,3)20(27-5)13-24-21(23-4)26-15-18-19(16-26)28-12-11-25(18)14-17-9-7-6-8-10-17/h6-10,18-20H,11-16H2,1-5H3,(H,23,24). The van der Waals surface area contributed by atoms with Gasteiger partial charge in [0.25, 0.3) is 0 Å². The van der Waals surface area contributed by atoms with Gasteiger partial charge in [-0.15, -0.1) is 0 Å². The van der Waals surface area contributed by atoms with Crippen LogP contribution >= 0.6 is 0 Å². The Morgan fingerprint density at radius 2 is 2.04 bits per heavy atom. The Labute approximate surface area is 169 Å². The molecule has 2 aliphatic heterocycles. The summed E-state index contributed by atoms with van der Waals surface area (Å²) in [5, 5.41) is 3.52. The summed E-state index contributed by atoms with van der Waals surface area (Å²) in [7, 11) is 3.63. The SMILES string of the molecule is CN=C(NCC(OC)C(C)(C)C)N1CC2OCCN(Cc3ccccc3)C2C1. The van der Waals surface area contributed by atoms with Gasteiger partial charge in [0.15, 0.2) is 5.96 Å². The number of aliphatic imine (C=N–C) groups is 1. The topological polar surface area (TPSA) is 49.3 Å². The van der Waals surface area contributed by atoms with Gasteiger partial charge < -0.3 is 19.7 Å². The first-order chi connectivity index (χ1) is 13.4. The molecule has 0 saturated carbocycles. The lowest BCUT2D eigenvalue weighted by molar-refractivity contribution is -0.0502. The summed E-state index contributed by atoms with van der Waals surface area (Å²) in [6.07, 6.45) is 0.358. The summed E-state index contributed by atoms with van der Waals surface area (Å²) >= 11 is 0. The first kappa shape index (κ1) is 21.1. The highest BCUT2D eigenvalue weighted by atomic mass is 16.5. The van der Waals surface area contributed by atoms with Crippen molar-refractivity contribution in [1.29, 1.82) is 0 Å². The third-order valence-electron chi connectivity index (χ3n) is 5.85. The molecule has 0 bridgehead atoms. The maximum atomic E-state index is 6.10. The molecule has 2 fully saturated rings. The van der Waals surface area contributed by atoms with Gasteiger partial charge in [-0.1, -0.05) is 51.1 Å². The van der Waals surface area contributed by atoms with Crippen LogP contribution in [0.2, 0.25) is 0 Å². The highest BCUT2D eigenvalue weighted by Crippen LogP contribution is 2.25. The quantitative estimate of drug-likeness (QED) is 0.619. The summed E-state index contributed by atoms with van der Waals surface area (Å²) in [6, 6.07) is 11.1. The van der Waals surface area contributed by atoms with Crippen molar-refractivity contribution in [1.82, 2.24) is 15.1 Å². The zero-order valence-corrected chi connectivity index (χ0v) is 18.0. The number of ether oxygens (including phenoxy) is 2. The molecule has 0 aliphatic carbocycles. The number of morpholine rings is 1. The van der Waals surface area contributed by atoms with Crippen LogP contribution in [0.25, 0.3) is 0 Å². The van der Waals surface area contributed by atoms with Crippen LogP contribution in [0.3, 0.4) is 0 Å². The molecule has 28 heavy (non-hydrogen) atoms. The number of methoxy groups -OCH3 is 1. The van der Waals surface area contributed by atoms with E-state index in [0.29, 0.717) is 6.04 Å². The predicted molar refractivity (Wildman–Crippen MR) is 114 cm³/mol. The van der Waals surface area contributed by atoms with E-state index < -0.39 is 0 Å². The van der Waals surface area contributed by atoms with Crippen molar-refractivity contribution in [3.05, 3.63) is 35.9 Å². The normalized spacial score (nSPS) is 24.9. The lowest BCUT2D eigenvalue weighted by Gasteiger charge is -2.36. The largest absolute Gasteiger partial charge is 0.379 e. The van der Waals surface area contributed by atoms with E-state index in [1.807, 2.05) is 7.05 Å². The van der Waals surface area contributed by atoms with Crippen LogP contribution in [0.1, 0.15) is 26.3 Å². The minimum atomic E-state index is 0.0786. The van der Waals surface area contributed by atoms with Crippen LogP contribution in [0.5, 0.6) is 0 Å². The number of fused-ring (bicyclic) bond motifs is 1. The van der Waals surface area contributed by atoms with Gasteiger partial charge in [0.05, 0.1) is 24.9 Å². The Hall–Kier alpha value is -1.63. The smallest absolute Gasteiger partial charge is 0.193 e. The van der Waals surface area contributed by atoms with Crippen molar-refractivity contribution in [2.24, 2.45) is 10.4 Å². The monoisotopic (exact) mass is 388 g/mol. The molecule has 6 nitrogen and oxygen atoms in total. The molecule has 1 N–H and O–H groups in total. The van der Waals surface area contributed by atoms with E-state index in [1.165, 1.54) is 5.56 Å². The van der Waals surface area contributed by atoms with Crippen molar-refractivity contribution >= 4 is 5.96 Å². The Morgan fingerprint density at radius 3 is 2.68 bits per heavy atom. The molecule has 156 valence electrons. The molecule has 3 rings (SSSR count). The number of rotatable bonds is 5. The van der Waals surface area contributed by atoms with E-state index >= 15 is 0 Å². The highest BCUT2D eigenvalue weighted by Gasteiger charge is 2.41. The molecule has 0 aromatic heterocycles. The number of hydrogen-bond donors (Lipinski definition) is 1. The minimum absolute atomic E-state index is 0.0786. The van der Waals surface area contributed by atoms with Crippen molar-refractivity contribution in [3.8, 4) is 0 Å². The second-order valence-electron chi connectivity index (χ2n) is 8.86. The third kappa shape index (κ3) is 5.04. The first-order valence-electron chi connectivity index (χ1n) is 10.3. The van der Waals surface area contributed by atoms with Gasteiger partial charge in [0.2, 0.25) is 0 Å². The Kier molecular flexibility index (Phi) is 6.96. The Morgan fingerprint density at radius 1 is 1.29 bits per heavy atom. The number of nitrogens with one attached hydrogen (secondary N) is 1. The maximum absolute atomic E-state index is 6.10. The molecule has 1 aromatic rings. The molecule has 0 spiro atoms. The fraction of sp³-hybridized carbons (Fsp3) is 0.682. The number of likely N-dealkylation sites (tertiary alicyclic amines) is 1. The van der Waals surface area contributed by atoms with E-state index in [2.05, 4.69) is 71.2 Å². The molecule has 6 heteroatoms. The van der Waals surface area contributed by atoms with Gasteiger partial charge in [-0.3, -0.25) is 9.89 Å². The zero-order valence-electron chi connectivity index (χ0n) is 18.0. The lowest BCUT2D eigenvalue weighted by atomic mass is 9.89. The van der Waals surface area contributed by atoms with E-state index in [1.54, 1.807) is 7.11 Å². The molecule has 3 atom stereocenters. The molecular weight excluding hydrogens is 352 g/mol. The van der Waals surface area contributed by atoms with Gasteiger partial charge in [-0.25, -0.2) is 0 Å². The van der Waals surface area contributed by atoms with Crippen molar-refractivity contribution < 1.29 is 9.47 Å². The molecule has 1 aromatic carbocycles. The Balaban J connectivity index is 1.61. The molecule has 2 heterocycles. The molecular formula is C22H36N4O2. The minimum Gasteiger partial charge on any atom is -0.379 e. The number of nitrogens with zero attached hydrogens (tertiary/aromatic N) is 3. The van der Waals surface area contributed by atoms with Gasteiger partial charge in [0, 0.05) is 46.9 Å². The average Bonchev–Trinajstić information content (AvgIpc) is 3.10. The molecule has 2 aliphatic rings. The summed E-state index contributed by atoms with van der Waals surface area (Å²) < 4.78 is 11.8. The van der Waals surface area contributed by atoms with E-state index in [-0.39, 0.29) is 17.6 Å². The van der Waals surface area contributed by atoms with Gasteiger partial charge in [-0.2, -0.15) is 0 Å². The van der Waals surface area contributed by atoms with Crippen LogP contribution in [-0.4, -0.2) is 81.0 Å². The lowest BCUT2D eigenvalue weighted by Crippen LogP contribution is -2.50. The molecule has 0 amide bonds. The number of guanidine groups is 1. The second-order valence-corrected chi connectivity index (χ2v) is 8.86. The number of benzene rings is 1. The van der Waals surface area contributed by atoms with Crippen molar-refractivity contribution in [2.45, 2.75) is 45.6 Å². The second kappa shape index (κ2) is 9.25. The third-order valence-corrected chi connectivity index (χ3v) is 5.85. The average molecular weight is 389 g/mol. The zero-order chi connectivity index (χ0) is 20.1. The first-order valence-corrected chi connectivity index (χ1v) is 10.3. The maximum Gasteiger partial charge on any atom is 0.193 e. The summed E-state index contributed by atoms with van der Waals surface area (Å²) in [5.41, 5.74) is 1.44. The molecule has 0 radical (unpaired) electrons. The van der Waals surface area contributed by atoms with E-state index in [0.717, 1.165) is 45.3 Å². The summed E-state index contributed by atoms with van der Waals surface area (Å²) in [5.74, 6) is 0.934.